The minimum atomic E-state index is -3.26. The van der Waals surface area contributed by atoms with Gasteiger partial charge in [-0.2, -0.15) is 12.7 Å². The van der Waals surface area contributed by atoms with Gasteiger partial charge in [0.2, 0.25) is 0 Å². The molecule has 0 unspecified atom stereocenters. The normalized spacial score (nSPS) is 17.4. The first-order valence-electron chi connectivity index (χ1n) is 5.12. The van der Waals surface area contributed by atoms with Crippen LogP contribution in [0.4, 0.5) is 0 Å². The highest BCUT2D eigenvalue weighted by atomic mass is 35.5. The van der Waals surface area contributed by atoms with Crippen LogP contribution in [0.2, 0.25) is 0 Å². The van der Waals surface area contributed by atoms with Gasteiger partial charge in [0.05, 0.1) is 0 Å². The van der Waals surface area contributed by atoms with E-state index in [1.807, 2.05) is 0 Å². The third-order valence-corrected chi connectivity index (χ3v) is 3.93. The van der Waals surface area contributed by atoms with E-state index in [1.54, 1.807) is 0 Å². The molecule has 1 rings (SSSR count). The lowest BCUT2D eigenvalue weighted by molar-refractivity contribution is 0.244. The van der Waals surface area contributed by atoms with Crippen molar-refractivity contribution in [3.8, 4) is 0 Å². The molecule has 0 amide bonds. The van der Waals surface area contributed by atoms with Crippen molar-refractivity contribution in [3.63, 3.8) is 0 Å². The fraction of sp³-hybridized carbons (Fsp3) is 1.00. The van der Waals surface area contributed by atoms with Crippen molar-refractivity contribution < 1.29 is 8.42 Å². The zero-order chi connectivity index (χ0) is 11.3. The average Bonchev–Trinajstić information content (AvgIpc) is 2.19. The van der Waals surface area contributed by atoms with Gasteiger partial charge in [0.25, 0.3) is 10.2 Å². The van der Waals surface area contributed by atoms with Gasteiger partial charge in [0.15, 0.2) is 0 Å². The Morgan fingerprint density at radius 2 is 1.76 bits per heavy atom. The maximum atomic E-state index is 11.4. The van der Waals surface area contributed by atoms with E-state index >= 15 is 0 Å². The molecule has 17 heavy (non-hydrogen) atoms. The second-order valence-electron chi connectivity index (χ2n) is 3.77. The molecule has 2 N–H and O–H groups in total. The number of nitrogens with zero attached hydrogens (tertiary/aromatic N) is 2. The summed E-state index contributed by atoms with van der Waals surface area (Å²) < 4.78 is 26.4. The minimum Gasteiger partial charge on any atom is -0.314 e. The Hall–Kier alpha value is 0.370. The lowest BCUT2D eigenvalue weighted by Crippen LogP contribution is -2.47. The Kier molecular flexibility index (Phi) is 10.8. The van der Waals surface area contributed by atoms with Gasteiger partial charge in [-0.05, 0) is 0 Å². The highest BCUT2D eigenvalue weighted by molar-refractivity contribution is 7.87. The number of piperazine rings is 1. The maximum absolute atomic E-state index is 11.4. The van der Waals surface area contributed by atoms with E-state index in [1.165, 1.54) is 18.4 Å². The molecule has 1 heterocycles. The monoisotopic (exact) mass is 308 g/mol. The number of halogens is 2. The summed E-state index contributed by atoms with van der Waals surface area (Å²) in [6, 6.07) is 0. The third-order valence-electron chi connectivity index (χ3n) is 2.40. The van der Waals surface area contributed by atoms with Crippen LogP contribution in [0.1, 0.15) is 0 Å². The van der Waals surface area contributed by atoms with Crippen molar-refractivity contribution in [2.24, 2.45) is 0 Å². The van der Waals surface area contributed by atoms with Crippen LogP contribution in [0.25, 0.3) is 0 Å². The Morgan fingerprint density at radius 3 is 2.24 bits per heavy atom. The lowest BCUT2D eigenvalue weighted by atomic mass is 10.3. The summed E-state index contributed by atoms with van der Waals surface area (Å²) in [5.74, 6) is 0. The first-order chi connectivity index (χ1) is 7.02. The molecule has 9 heteroatoms. The fourth-order valence-electron chi connectivity index (χ4n) is 1.40. The fourth-order valence-corrected chi connectivity index (χ4v) is 2.00. The summed E-state index contributed by atoms with van der Waals surface area (Å²) in [6.45, 7) is 5.20. The summed E-state index contributed by atoms with van der Waals surface area (Å²) in [6.07, 6.45) is 0. The summed E-state index contributed by atoms with van der Waals surface area (Å²) in [5.41, 5.74) is 0. The molecule has 1 saturated heterocycles. The van der Waals surface area contributed by atoms with Gasteiger partial charge in [-0.25, -0.2) is 4.72 Å². The molecule has 0 aliphatic carbocycles. The molecule has 0 atom stereocenters. The molecule has 0 aromatic rings. The molecule has 0 saturated carbocycles. The van der Waals surface area contributed by atoms with Crippen molar-refractivity contribution in [2.45, 2.75) is 0 Å². The molecule has 0 radical (unpaired) electrons. The Morgan fingerprint density at radius 1 is 1.24 bits per heavy atom. The summed E-state index contributed by atoms with van der Waals surface area (Å²) in [7, 11) is -0.216. The number of nitrogens with one attached hydrogen (secondary N) is 2. The third kappa shape index (κ3) is 7.40. The van der Waals surface area contributed by atoms with Crippen LogP contribution in [0.15, 0.2) is 0 Å². The molecular formula is C8H22Cl2N4O2S. The summed E-state index contributed by atoms with van der Waals surface area (Å²) in [5, 5.41) is 3.25. The van der Waals surface area contributed by atoms with E-state index in [0.717, 1.165) is 32.7 Å². The van der Waals surface area contributed by atoms with Crippen LogP contribution in [0.3, 0.4) is 0 Å². The summed E-state index contributed by atoms with van der Waals surface area (Å²) >= 11 is 0. The zero-order valence-electron chi connectivity index (χ0n) is 10.2. The molecule has 1 aliphatic heterocycles. The van der Waals surface area contributed by atoms with E-state index in [4.69, 9.17) is 0 Å². The highest BCUT2D eigenvalue weighted by Crippen LogP contribution is 1.92. The Bertz CT molecular complexity index is 281. The summed E-state index contributed by atoms with van der Waals surface area (Å²) in [4.78, 5) is 2.24. The smallest absolute Gasteiger partial charge is 0.278 e. The van der Waals surface area contributed by atoms with Crippen LogP contribution in [-0.2, 0) is 10.2 Å². The first-order valence-corrected chi connectivity index (χ1v) is 6.56. The van der Waals surface area contributed by atoms with Gasteiger partial charge >= 0.3 is 0 Å². The van der Waals surface area contributed by atoms with Gasteiger partial charge in [0, 0.05) is 53.4 Å². The minimum absolute atomic E-state index is 0. The first kappa shape index (κ1) is 19.7. The zero-order valence-corrected chi connectivity index (χ0v) is 12.6. The van der Waals surface area contributed by atoms with Gasteiger partial charge in [-0.3, -0.25) is 4.90 Å². The molecule has 0 spiro atoms. The van der Waals surface area contributed by atoms with Crippen molar-refractivity contribution in [2.75, 3.05) is 53.4 Å². The van der Waals surface area contributed by atoms with E-state index in [9.17, 15) is 8.42 Å². The quantitative estimate of drug-likeness (QED) is 0.693. The van der Waals surface area contributed by atoms with Gasteiger partial charge in [-0.1, -0.05) is 0 Å². The SMILES string of the molecule is CN(C)S(=O)(=O)NCCN1CCNCC1.Cl.Cl. The van der Waals surface area contributed by atoms with E-state index < -0.39 is 10.2 Å². The van der Waals surface area contributed by atoms with Crippen molar-refractivity contribution >= 4 is 35.0 Å². The van der Waals surface area contributed by atoms with Crippen LogP contribution in [-0.4, -0.2) is 71.0 Å². The van der Waals surface area contributed by atoms with Gasteiger partial charge < -0.3 is 5.32 Å². The van der Waals surface area contributed by atoms with Crippen molar-refractivity contribution in [1.29, 1.82) is 0 Å². The van der Waals surface area contributed by atoms with Crippen molar-refractivity contribution in [1.82, 2.24) is 19.2 Å². The lowest BCUT2D eigenvalue weighted by Gasteiger charge is -2.27. The topological polar surface area (TPSA) is 64.7 Å². The second kappa shape index (κ2) is 9.32. The van der Waals surface area contributed by atoms with Gasteiger partial charge in [0.1, 0.15) is 0 Å². The highest BCUT2D eigenvalue weighted by Gasteiger charge is 2.13. The number of rotatable bonds is 5. The molecule has 0 bridgehead atoms. The van der Waals surface area contributed by atoms with Crippen LogP contribution >= 0.6 is 24.8 Å². The molecule has 6 nitrogen and oxygen atoms in total. The molecular weight excluding hydrogens is 287 g/mol. The van der Waals surface area contributed by atoms with Crippen molar-refractivity contribution in [3.05, 3.63) is 0 Å². The molecule has 0 aromatic carbocycles. The number of hydrogen-bond donors (Lipinski definition) is 2. The predicted octanol–water partition coefficient (Wildman–Crippen LogP) is -0.869. The maximum Gasteiger partial charge on any atom is 0.278 e. The Labute approximate surface area is 116 Å². The van der Waals surface area contributed by atoms with Crippen LogP contribution in [0, 0.1) is 0 Å². The van der Waals surface area contributed by atoms with E-state index in [2.05, 4.69) is 14.9 Å². The second-order valence-corrected chi connectivity index (χ2v) is 5.74. The average molecular weight is 309 g/mol. The molecule has 0 aromatic heterocycles. The molecule has 106 valence electrons. The van der Waals surface area contributed by atoms with Crippen LogP contribution < -0.4 is 10.0 Å². The Balaban J connectivity index is 0. The van der Waals surface area contributed by atoms with E-state index in [-0.39, 0.29) is 24.8 Å². The van der Waals surface area contributed by atoms with Gasteiger partial charge in [-0.15, -0.1) is 24.8 Å². The van der Waals surface area contributed by atoms with Crippen LogP contribution in [0.5, 0.6) is 0 Å². The largest absolute Gasteiger partial charge is 0.314 e. The number of hydrogen-bond acceptors (Lipinski definition) is 4. The molecule has 1 aliphatic rings. The van der Waals surface area contributed by atoms with E-state index in [0.29, 0.717) is 6.54 Å². The standard InChI is InChI=1S/C8H20N4O2S.2ClH/c1-11(2)15(13,14)10-5-8-12-6-3-9-4-7-12;;/h9-10H,3-8H2,1-2H3;2*1H. The molecule has 1 fully saturated rings. The predicted molar refractivity (Wildman–Crippen MR) is 74.4 cm³/mol.